The van der Waals surface area contributed by atoms with Gasteiger partial charge in [0.25, 0.3) is 0 Å². The number of thiophene rings is 1. The molecule has 15 heavy (non-hydrogen) atoms. The van der Waals surface area contributed by atoms with Crippen LogP contribution in [0.1, 0.15) is 10.4 Å². The van der Waals surface area contributed by atoms with E-state index in [-0.39, 0.29) is 0 Å². The molecule has 0 N–H and O–H groups in total. The Balaban J connectivity index is 2.56. The van der Waals surface area contributed by atoms with Gasteiger partial charge in [-0.1, -0.05) is 6.07 Å². The predicted molar refractivity (Wildman–Crippen MR) is 61.7 cm³/mol. The van der Waals surface area contributed by atoms with Crippen molar-refractivity contribution in [2.24, 2.45) is 0 Å². The van der Waals surface area contributed by atoms with Crippen molar-refractivity contribution < 1.29 is 9.53 Å². The molecule has 0 saturated heterocycles. The van der Waals surface area contributed by atoms with Crippen LogP contribution in [0, 0.1) is 0 Å². The van der Waals surface area contributed by atoms with Crippen LogP contribution in [0.25, 0.3) is 10.4 Å². The van der Waals surface area contributed by atoms with Gasteiger partial charge in [-0.2, -0.15) is 0 Å². The van der Waals surface area contributed by atoms with E-state index in [9.17, 15) is 4.79 Å². The number of hydrogen-bond acceptors (Lipinski definition) is 3. The number of carbonyl (C=O) groups excluding carboxylic acids is 1. The Morgan fingerprint density at radius 1 is 1.33 bits per heavy atom. The van der Waals surface area contributed by atoms with Crippen LogP contribution in [0.2, 0.25) is 0 Å². The minimum Gasteiger partial charge on any atom is -0.496 e. The highest BCUT2D eigenvalue weighted by Gasteiger charge is 2.07. The van der Waals surface area contributed by atoms with Crippen molar-refractivity contribution in [2.45, 2.75) is 0 Å². The van der Waals surface area contributed by atoms with Gasteiger partial charge < -0.3 is 4.74 Å². The van der Waals surface area contributed by atoms with Gasteiger partial charge in [0.1, 0.15) is 12.0 Å². The summed E-state index contributed by atoms with van der Waals surface area (Å²) < 4.78 is 5.26. The number of ether oxygens (including phenoxy) is 1. The fourth-order valence-electron chi connectivity index (χ4n) is 1.42. The van der Waals surface area contributed by atoms with Gasteiger partial charge in [-0.05, 0) is 29.6 Å². The van der Waals surface area contributed by atoms with Crippen molar-refractivity contribution in [3.05, 3.63) is 41.3 Å². The molecule has 0 fully saturated rings. The highest BCUT2D eigenvalue weighted by molar-refractivity contribution is 7.13. The average molecular weight is 218 g/mol. The zero-order valence-corrected chi connectivity index (χ0v) is 9.08. The molecule has 1 heterocycles. The van der Waals surface area contributed by atoms with Crippen LogP contribution in [-0.4, -0.2) is 13.4 Å². The second kappa shape index (κ2) is 4.28. The van der Waals surface area contributed by atoms with Crippen LogP contribution in [0.4, 0.5) is 0 Å². The van der Waals surface area contributed by atoms with Gasteiger partial charge in [-0.3, -0.25) is 4.79 Å². The summed E-state index contributed by atoms with van der Waals surface area (Å²) in [7, 11) is 1.63. The molecule has 0 aliphatic heterocycles. The molecule has 1 aromatic carbocycles. The highest BCUT2D eigenvalue weighted by atomic mass is 32.1. The molecule has 0 spiro atoms. The van der Waals surface area contributed by atoms with Crippen molar-refractivity contribution in [1.29, 1.82) is 0 Å². The third-order valence-electron chi connectivity index (χ3n) is 2.15. The molecule has 0 atom stereocenters. The first-order valence-electron chi connectivity index (χ1n) is 4.52. The largest absolute Gasteiger partial charge is 0.496 e. The molecule has 2 aromatic rings. The number of benzene rings is 1. The number of rotatable bonds is 3. The standard InChI is InChI=1S/C12H10O2S/c1-14-11-5-4-9(8-13)7-10(11)12-3-2-6-15-12/h2-8H,1H3. The summed E-state index contributed by atoms with van der Waals surface area (Å²) in [5.74, 6) is 0.794. The van der Waals surface area contributed by atoms with Crippen LogP contribution < -0.4 is 4.74 Å². The monoisotopic (exact) mass is 218 g/mol. The first-order valence-corrected chi connectivity index (χ1v) is 5.40. The summed E-state index contributed by atoms with van der Waals surface area (Å²) in [6.45, 7) is 0. The van der Waals surface area contributed by atoms with E-state index in [0.29, 0.717) is 5.56 Å². The maximum absolute atomic E-state index is 10.7. The Morgan fingerprint density at radius 3 is 2.80 bits per heavy atom. The maximum Gasteiger partial charge on any atom is 0.150 e. The lowest BCUT2D eigenvalue weighted by molar-refractivity contribution is 0.112. The van der Waals surface area contributed by atoms with Crippen molar-refractivity contribution in [1.82, 2.24) is 0 Å². The van der Waals surface area contributed by atoms with Gasteiger partial charge in [0.2, 0.25) is 0 Å². The second-order valence-corrected chi connectivity index (χ2v) is 4.00. The Hall–Kier alpha value is -1.61. The van der Waals surface area contributed by atoms with Crippen molar-refractivity contribution in [3.63, 3.8) is 0 Å². The average Bonchev–Trinajstić information content (AvgIpc) is 2.81. The van der Waals surface area contributed by atoms with Crippen LogP contribution in [-0.2, 0) is 0 Å². The fourth-order valence-corrected chi connectivity index (χ4v) is 2.17. The number of aldehydes is 1. The molecule has 76 valence electrons. The van der Waals surface area contributed by atoms with E-state index in [1.54, 1.807) is 24.5 Å². The van der Waals surface area contributed by atoms with Gasteiger partial charge in [0.05, 0.1) is 7.11 Å². The first-order chi connectivity index (χ1) is 7.35. The van der Waals surface area contributed by atoms with E-state index in [0.717, 1.165) is 22.5 Å². The normalized spacial score (nSPS) is 9.93. The van der Waals surface area contributed by atoms with Gasteiger partial charge in [0, 0.05) is 16.0 Å². The van der Waals surface area contributed by atoms with Crippen LogP contribution >= 0.6 is 11.3 Å². The lowest BCUT2D eigenvalue weighted by atomic mass is 10.1. The van der Waals surface area contributed by atoms with E-state index in [2.05, 4.69) is 0 Å². The van der Waals surface area contributed by atoms with Crippen LogP contribution in [0.5, 0.6) is 5.75 Å². The smallest absolute Gasteiger partial charge is 0.150 e. The highest BCUT2D eigenvalue weighted by Crippen LogP contribution is 2.33. The van der Waals surface area contributed by atoms with E-state index >= 15 is 0 Å². The van der Waals surface area contributed by atoms with Crippen LogP contribution in [0.3, 0.4) is 0 Å². The Bertz CT molecular complexity index is 460. The third kappa shape index (κ3) is 1.92. The minimum absolute atomic E-state index is 0.666. The number of hydrogen-bond donors (Lipinski definition) is 0. The summed E-state index contributed by atoms with van der Waals surface area (Å²) in [5, 5.41) is 2.00. The quantitative estimate of drug-likeness (QED) is 0.739. The topological polar surface area (TPSA) is 26.3 Å². The maximum atomic E-state index is 10.7. The van der Waals surface area contributed by atoms with E-state index in [1.165, 1.54) is 0 Å². The molecule has 0 aliphatic rings. The molecule has 3 heteroatoms. The lowest BCUT2D eigenvalue weighted by Gasteiger charge is -2.06. The first kappa shape index (κ1) is 9.93. The summed E-state index contributed by atoms with van der Waals surface area (Å²) >= 11 is 1.63. The molecule has 0 saturated carbocycles. The molecule has 1 aromatic heterocycles. The molecule has 0 bridgehead atoms. The second-order valence-electron chi connectivity index (χ2n) is 3.05. The summed E-state index contributed by atoms with van der Waals surface area (Å²) in [6.07, 6.45) is 0.844. The van der Waals surface area contributed by atoms with E-state index < -0.39 is 0 Å². The Morgan fingerprint density at radius 2 is 2.20 bits per heavy atom. The third-order valence-corrected chi connectivity index (χ3v) is 3.05. The lowest BCUT2D eigenvalue weighted by Crippen LogP contribution is -1.88. The molecule has 2 rings (SSSR count). The summed E-state index contributed by atoms with van der Waals surface area (Å²) in [5.41, 5.74) is 1.64. The van der Waals surface area contributed by atoms with Crippen molar-refractivity contribution >= 4 is 17.6 Å². The molecular formula is C12H10O2S. The van der Waals surface area contributed by atoms with Gasteiger partial charge >= 0.3 is 0 Å². The van der Waals surface area contributed by atoms with Crippen LogP contribution in [0.15, 0.2) is 35.7 Å². The van der Waals surface area contributed by atoms with Crippen molar-refractivity contribution in [3.8, 4) is 16.2 Å². The molecular weight excluding hydrogens is 208 g/mol. The molecule has 2 nitrogen and oxygen atoms in total. The summed E-state index contributed by atoms with van der Waals surface area (Å²) in [6, 6.07) is 9.41. The van der Waals surface area contributed by atoms with Gasteiger partial charge in [0.15, 0.2) is 0 Å². The Kier molecular flexibility index (Phi) is 2.83. The molecule has 0 amide bonds. The predicted octanol–water partition coefficient (Wildman–Crippen LogP) is 3.24. The molecule has 0 unspecified atom stereocenters. The SMILES string of the molecule is COc1ccc(C=O)cc1-c1cccs1. The molecule has 0 radical (unpaired) electrons. The zero-order chi connectivity index (χ0) is 10.7. The minimum atomic E-state index is 0.666. The summed E-state index contributed by atoms with van der Waals surface area (Å²) in [4.78, 5) is 11.8. The fraction of sp³-hybridized carbons (Fsp3) is 0.0833. The van der Waals surface area contributed by atoms with E-state index in [4.69, 9.17) is 4.74 Å². The van der Waals surface area contributed by atoms with E-state index in [1.807, 2.05) is 29.6 Å². The zero-order valence-electron chi connectivity index (χ0n) is 8.27. The number of methoxy groups -OCH3 is 1. The molecule has 0 aliphatic carbocycles. The van der Waals surface area contributed by atoms with Crippen molar-refractivity contribution in [2.75, 3.05) is 7.11 Å². The van der Waals surface area contributed by atoms with Gasteiger partial charge in [-0.15, -0.1) is 11.3 Å². The number of carbonyl (C=O) groups is 1. The van der Waals surface area contributed by atoms with Gasteiger partial charge in [-0.25, -0.2) is 0 Å². The Labute approximate surface area is 92.1 Å².